The van der Waals surface area contributed by atoms with Gasteiger partial charge in [-0.2, -0.15) is 0 Å². The molecule has 4 N–H and O–H groups in total. The fourth-order valence-corrected chi connectivity index (χ4v) is 6.71. The molecule has 0 saturated heterocycles. The van der Waals surface area contributed by atoms with Crippen LogP contribution in [0.3, 0.4) is 0 Å². The van der Waals surface area contributed by atoms with Crippen molar-refractivity contribution in [1.29, 1.82) is 0 Å². The number of hydrogen-bond donors (Lipinski definition) is 3. The summed E-state index contributed by atoms with van der Waals surface area (Å²) in [6.45, 7) is 0. The summed E-state index contributed by atoms with van der Waals surface area (Å²) in [6.07, 6.45) is 8.67. The molecular weight excluding hydrogens is 390 g/mol. The van der Waals surface area contributed by atoms with E-state index in [0.717, 1.165) is 42.6 Å². The van der Waals surface area contributed by atoms with Gasteiger partial charge in [0.25, 0.3) is 0 Å². The molecule has 0 radical (unpaired) electrons. The largest absolute Gasteiger partial charge is 0.273 e. The molecule has 7 nitrogen and oxygen atoms in total. The highest BCUT2D eigenvalue weighted by atomic mass is 32.2. The van der Waals surface area contributed by atoms with E-state index < -0.39 is 10.0 Å². The molecule has 0 aromatic heterocycles. The van der Waals surface area contributed by atoms with Gasteiger partial charge >= 0.3 is 0 Å². The maximum atomic E-state index is 12.4. The highest BCUT2D eigenvalue weighted by molar-refractivity contribution is 7.89. The van der Waals surface area contributed by atoms with Crippen LogP contribution in [0.15, 0.2) is 29.2 Å². The van der Waals surface area contributed by atoms with Crippen molar-refractivity contribution in [3.05, 3.63) is 29.8 Å². The first-order valence-electron chi connectivity index (χ1n) is 10.4. The average molecular weight is 420 g/mol. The van der Waals surface area contributed by atoms with Gasteiger partial charge in [-0.3, -0.25) is 20.4 Å². The first-order chi connectivity index (χ1) is 13.7. The SMILES string of the molecule is NS(=O)(=O)c1ccc(CCC(=O)NNC(=O)CC23CC4CC(CC(C4)C2)C3)cc1. The lowest BCUT2D eigenvalue weighted by atomic mass is 9.49. The van der Waals surface area contributed by atoms with Crippen LogP contribution in [0.5, 0.6) is 0 Å². The van der Waals surface area contributed by atoms with Crippen molar-refractivity contribution in [2.45, 2.75) is 62.7 Å². The second-order valence-electron chi connectivity index (χ2n) is 9.38. The Hall–Kier alpha value is -1.93. The number of nitrogens with two attached hydrogens (primary N) is 1. The maximum Gasteiger partial charge on any atom is 0.238 e. The summed E-state index contributed by atoms with van der Waals surface area (Å²) < 4.78 is 22.5. The van der Waals surface area contributed by atoms with E-state index in [0.29, 0.717) is 12.8 Å². The van der Waals surface area contributed by atoms with Crippen molar-refractivity contribution in [3.63, 3.8) is 0 Å². The van der Waals surface area contributed by atoms with Crippen LogP contribution in [-0.4, -0.2) is 20.2 Å². The predicted octanol–water partition coefficient (Wildman–Crippen LogP) is 2.02. The van der Waals surface area contributed by atoms with Crippen LogP contribution in [0.1, 0.15) is 56.9 Å². The Morgan fingerprint density at radius 1 is 0.931 bits per heavy atom. The number of sulfonamides is 1. The lowest BCUT2D eigenvalue weighted by Gasteiger charge is -2.56. The van der Waals surface area contributed by atoms with Crippen LogP contribution < -0.4 is 16.0 Å². The zero-order valence-electron chi connectivity index (χ0n) is 16.5. The highest BCUT2D eigenvalue weighted by Gasteiger charge is 2.51. The molecule has 158 valence electrons. The Morgan fingerprint density at radius 3 is 1.97 bits per heavy atom. The average Bonchev–Trinajstić information content (AvgIpc) is 2.63. The number of hydrogen-bond acceptors (Lipinski definition) is 4. The van der Waals surface area contributed by atoms with Gasteiger partial charge in [-0.25, -0.2) is 13.6 Å². The predicted molar refractivity (Wildman–Crippen MR) is 108 cm³/mol. The summed E-state index contributed by atoms with van der Waals surface area (Å²) in [7, 11) is -3.72. The van der Waals surface area contributed by atoms with Crippen LogP contribution in [-0.2, 0) is 26.0 Å². The minimum Gasteiger partial charge on any atom is -0.273 e. The van der Waals surface area contributed by atoms with Gasteiger partial charge in [-0.05, 0) is 85.8 Å². The third kappa shape index (κ3) is 4.80. The molecule has 0 heterocycles. The molecule has 4 saturated carbocycles. The number of hydrazine groups is 1. The molecule has 4 aliphatic rings. The van der Waals surface area contributed by atoms with Gasteiger partial charge in [0.1, 0.15) is 0 Å². The van der Waals surface area contributed by atoms with Crippen LogP contribution in [0, 0.1) is 23.2 Å². The molecule has 5 rings (SSSR count). The van der Waals surface area contributed by atoms with Crippen LogP contribution in [0.2, 0.25) is 0 Å². The topological polar surface area (TPSA) is 118 Å². The number of benzene rings is 1. The van der Waals surface area contributed by atoms with Crippen molar-refractivity contribution >= 4 is 21.8 Å². The third-order valence-electron chi connectivity index (χ3n) is 6.93. The molecule has 1 aromatic carbocycles. The van der Waals surface area contributed by atoms with Crippen molar-refractivity contribution in [2.24, 2.45) is 28.3 Å². The molecule has 4 bridgehead atoms. The molecule has 0 atom stereocenters. The lowest BCUT2D eigenvalue weighted by Crippen LogP contribution is -2.50. The number of aryl methyl sites for hydroxylation is 1. The normalized spacial score (nSPS) is 30.2. The molecule has 1 aromatic rings. The number of primary sulfonamides is 1. The number of rotatable bonds is 6. The summed E-state index contributed by atoms with van der Waals surface area (Å²) in [6, 6.07) is 6.13. The quantitative estimate of drug-likeness (QED) is 0.611. The standard InChI is InChI=1S/C21H29N3O4S/c22-29(27,28)18-4-1-14(2-5-18)3-6-19(25)23-24-20(26)13-21-10-15-7-16(11-21)9-17(8-15)12-21/h1-2,4-5,15-17H,3,6-13H2,(H,23,25)(H,24,26)(H2,22,27,28). The Kier molecular flexibility index (Phi) is 5.42. The van der Waals surface area contributed by atoms with E-state index in [1.54, 1.807) is 12.1 Å². The second-order valence-corrected chi connectivity index (χ2v) is 10.9. The summed E-state index contributed by atoms with van der Waals surface area (Å²) in [5.74, 6) is 2.02. The van der Waals surface area contributed by atoms with Crippen molar-refractivity contribution in [1.82, 2.24) is 10.9 Å². The molecule has 0 spiro atoms. The van der Waals surface area contributed by atoms with Gasteiger partial charge in [0.2, 0.25) is 21.8 Å². The van der Waals surface area contributed by atoms with Gasteiger partial charge < -0.3 is 0 Å². The van der Waals surface area contributed by atoms with E-state index >= 15 is 0 Å². The van der Waals surface area contributed by atoms with Crippen molar-refractivity contribution in [3.8, 4) is 0 Å². The lowest BCUT2D eigenvalue weighted by molar-refractivity contribution is -0.134. The summed E-state index contributed by atoms with van der Waals surface area (Å²) in [5, 5.41) is 5.07. The summed E-state index contributed by atoms with van der Waals surface area (Å²) in [4.78, 5) is 24.6. The Morgan fingerprint density at radius 2 is 1.45 bits per heavy atom. The minimum absolute atomic E-state index is 0.0441. The fraction of sp³-hybridized carbons (Fsp3) is 0.619. The molecule has 8 heteroatoms. The van der Waals surface area contributed by atoms with E-state index in [1.165, 1.54) is 31.4 Å². The molecule has 0 aliphatic heterocycles. The van der Waals surface area contributed by atoms with Gasteiger partial charge in [0.15, 0.2) is 0 Å². The van der Waals surface area contributed by atoms with E-state index in [-0.39, 0.29) is 28.5 Å². The number of amides is 2. The van der Waals surface area contributed by atoms with Gasteiger partial charge in [-0.15, -0.1) is 0 Å². The highest BCUT2D eigenvalue weighted by Crippen LogP contribution is 2.61. The molecule has 29 heavy (non-hydrogen) atoms. The monoisotopic (exact) mass is 419 g/mol. The molecular formula is C21H29N3O4S. The van der Waals surface area contributed by atoms with Crippen molar-refractivity contribution in [2.75, 3.05) is 0 Å². The zero-order chi connectivity index (χ0) is 20.6. The van der Waals surface area contributed by atoms with Crippen LogP contribution >= 0.6 is 0 Å². The Labute approximate surface area is 171 Å². The second kappa shape index (κ2) is 7.72. The summed E-state index contributed by atoms with van der Waals surface area (Å²) in [5.41, 5.74) is 6.08. The molecule has 4 fully saturated rings. The zero-order valence-corrected chi connectivity index (χ0v) is 17.3. The van der Waals surface area contributed by atoms with Gasteiger partial charge in [0, 0.05) is 12.8 Å². The van der Waals surface area contributed by atoms with E-state index in [2.05, 4.69) is 10.9 Å². The first kappa shape index (κ1) is 20.3. The molecule has 4 aliphatic carbocycles. The van der Waals surface area contributed by atoms with Gasteiger partial charge in [-0.1, -0.05) is 12.1 Å². The maximum absolute atomic E-state index is 12.4. The minimum atomic E-state index is -3.72. The Balaban J connectivity index is 1.21. The van der Waals surface area contributed by atoms with Crippen molar-refractivity contribution < 1.29 is 18.0 Å². The van der Waals surface area contributed by atoms with E-state index in [9.17, 15) is 18.0 Å². The summed E-state index contributed by atoms with van der Waals surface area (Å²) >= 11 is 0. The van der Waals surface area contributed by atoms with Gasteiger partial charge in [0.05, 0.1) is 4.90 Å². The van der Waals surface area contributed by atoms with Crippen LogP contribution in [0.25, 0.3) is 0 Å². The molecule has 2 amide bonds. The smallest absolute Gasteiger partial charge is 0.238 e. The number of nitrogens with one attached hydrogen (secondary N) is 2. The van der Waals surface area contributed by atoms with E-state index in [1.807, 2.05) is 0 Å². The fourth-order valence-electron chi connectivity index (χ4n) is 6.20. The number of carbonyl (C=O) groups excluding carboxylic acids is 2. The first-order valence-corrected chi connectivity index (χ1v) is 11.9. The number of carbonyl (C=O) groups is 2. The third-order valence-corrected chi connectivity index (χ3v) is 7.86. The Bertz CT molecular complexity index is 860. The molecule has 0 unspecified atom stereocenters. The van der Waals surface area contributed by atoms with Crippen LogP contribution in [0.4, 0.5) is 0 Å². The van der Waals surface area contributed by atoms with E-state index in [4.69, 9.17) is 5.14 Å².